The Hall–Kier alpha value is -2.41. The Labute approximate surface area is 152 Å². The molecule has 2 saturated heterocycles. The number of likely N-dealkylation sites (tertiary alicyclic amines) is 1. The van der Waals surface area contributed by atoms with Crippen LogP contribution in [0, 0.1) is 0 Å². The standard InChI is InChI=1S/C19H25N5O2/c25-17(23-8-4-1-5-9-23)14-22-10-12-24(13-11-22)19(26)18-15-6-2-3-7-16(15)20-21-18/h2-3,6-7H,1,4-5,8-14H2,(H,20,21). The van der Waals surface area contributed by atoms with E-state index in [1.165, 1.54) is 6.42 Å². The quantitative estimate of drug-likeness (QED) is 0.902. The number of amides is 2. The van der Waals surface area contributed by atoms with Gasteiger partial charge in [-0.2, -0.15) is 5.10 Å². The van der Waals surface area contributed by atoms with Crippen molar-refractivity contribution in [1.82, 2.24) is 24.9 Å². The molecule has 26 heavy (non-hydrogen) atoms. The molecule has 0 spiro atoms. The van der Waals surface area contributed by atoms with Crippen molar-refractivity contribution in [2.24, 2.45) is 0 Å². The average molecular weight is 355 g/mol. The Morgan fingerprint density at radius 3 is 2.42 bits per heavy atom. The van der Waals surface area contributed by atoms with Gasteiger partial charge in [-0.3, -0.25) is 19.6 Å². The number of H-pyrrole nitrogens is 1. The van der Waals surface area contributed by atoms with Gasteiger partial charge in [0.05, 0.1) is 12.1 Å². The summed E-state index contributed by atoms with van der Waals surface area (Å²) in [5.74, 6) is 0.187. The maximum Gasteiger partial charge on any atom is 0.275 e. The van der Waals surface area contributed by atoms with Crippen LogP contribution < -0.4 is 0 Å². The van der Waals surface area contributed by atoms with Crippen molar-refractivity contribution in [3.8, 4) is 0 Å². The SMILES string of the molecule is O=C(CN1CCN(C(=O)c2n[nH]c3ccccc23)CC1)N1CCCCC1. The number of para-hydroxylation sites is 1. The van der Waals surface area contributed by atoms with Crippen molar-refractivity contribution in [2.75, 3.05) is 45.8 Å². The van der Waals surface area contributed by atoms with Crippen LogP contribution in [0.25, 0.3) is 10.9 Å². The molecule has 7 heteroatoms. The van der Waals surface area contributed by atoms with E-state index in [4.69, 9.17) is 0 Å². The van der Waals surface area contributed by atoms with Gasteiger partial charge < -0.3 is 9.80 Å². The Morgan fingerprint density at radius 2 is 1.65 bits per heavy atom. The number of hydrogen-bond donors (Lipinski definition) is 1. The molecule has 0 unspecified atom stereocenters. The van der Waals surface area contributed by atoms with Crippen molar-refractivity contribution in [1.29, 1.82) is 0 Å². The predicted octanol–water partition coefficient (Wildman–Crippen LogP) is 1.33. The highest BCUT2D eigenvalue weighted by molar-refractivity contribution is 6.04. The van der Waals surface area contributed by atoms with E-state index in [0.29, 0.717) is 25.3 Å². The molecule has 2 aliphatic rings. The van der Waals surface area contributed by atoms with Crippen molar-refractivity contribution in [3.63, 3.8) is 0 Å². The molecule has 0 saturated carbocycles. The molecule has 0 aliphatic carbocycles. The Bertz CT molecular complexity index is 788. The number of fused-ring (bicyclic) bond motifs is 1. The highest BCUT2D eigenvalue weighted by Gasteiger charge is 2.27. The predicted molar refractivity (Wildman–Crippen MR) is 98.9 cm³/mol. The van der Waals surface area contributed by atoms with Crippen LogP contribution in [0.3, 0.4) is 0 Å². The summed E-state index contributed by atoms with van der Waals surface area (Å²) in [6.07, 6.45) is 3.46. The zero-order valence-corrected chi connectivity index (χ0v) is 15.0. The number of aromatic nitrogens is 2. The average Bonchev–Trinajstić information content (AvgIpc) is 3.13. The van der Waals surface area contributed by atoms with Gasteiger partial charge in [-0.05, 0) is 25.3 Å². The first-order chi connectivity index (χ1) is 12.7. The molecule has 0 atom stereocenters. The second kappa shape index (κ2) is 7.45. The normalized spacial score (nSPS) is 19.1. The molecule has 1 N–H and O–H groups in total. The largest absolute Gasteiger partial charge is 0.342 e. The summed E-state index contributed by atoms with van der Waals surface area (Å²) in [7, 11) is 0. The fourth-order valence-corrected chi connectivity index (χ4v) is 3.82. The fourth-order valence-electron chi connectivity index (χ4n) is 3.82. The number of nitrogens with zero attached hydrogens (tertiary/aromatic N) is 4. The number of piperazine rings is 1. The van der Waals surface area contributed by atoms with Gasteiger partial charge in [0.25, 0.3) is 5.91 Å². The van der Waals surface area contributed by atoms with Gasteiger partial charge in [-0.25, -0.2) is 0 Å². The molecule has 2 aromatic rings. The van der Waals surface area contributed by atoms with E-state index in [2.05, 4.69) is 15.1 Å². The first-order valence-electron chi connectivity index (χ1n) is 9.45. The zero-order chi connectivity index (χ0) is 17.9. The lowest BCUT2D eigenvalue weighted by atomic mass is 10.1. The van der Waals surface area contributed by atoms with Gasteiger partial charge in [0.1, 0.15) is 0 Å². The van der Waals surface area contributed by atoms with Crippen LogP contribution in [0.2, 0.25) is 0 Å². The molecule has 0 radical (unpaired) electrons. The number of piperidine rings is 1. The van der Waals surface area contributed by atoms with Crippen LogP contribution >= 0.6 is 0 Å². The summed E-state index contributed by atoms with van der Waals surface area (Å²) in [6.45, 7) is 4.97. The van der Waals surface area contributed by atoms with Crippen molar-refractivity contribution >= 4 is 22.7 Å². The Morgan fingerprint density at radius 1 is 0.923 bits per heavy atom. The third-order valence-electron chi connectivity index (χ3n) is 5.40. The molecule has 2 fully saturated rings. The molecule has 0 bridgehead atoms. The van der Waals surface area contributed by atoms with Gasteiger partial charge in [-0.1, -0.05) is 18.2 Å². The van der Waals surface area contributed by atoms with Gasteiger partial charge in [0, 0.05) is 44.7 Å². The third-order valence-corrected chi connectivity index (χ3v) is 5.40. The summed E-state index contributed by atoms with van der Waals surface area (Å²) in [5.41, 5.74) is 1.36. The number of nitrogens with one attached hydrogen (secondary N) is 1. The highest BCUT2D eigenvalue weighted by Crippen LogP contribution is 2.18. The maximum absolute atomic E-state index is 12.8. The van der Waals surface area contributed by atoms with E-state index in [1.54, 1.807) is 0 Å². The maximum atomic E-state index is 12.8. The monoisotopic (exact) mass is 355 g/mol. The summed E-state index contributed by atoms with van der Waals surface area (Å²) in [4.78, 5) is 31.2. The van der Waals surface area contributed by atoms with Gasteiger partial charge in [0.2, 0.25) is 5.91 Å². The van der Waals surface area contributed by atoms with E-state index >= 15 is 0 Å². The van der Waals surface area contributed by atoms with E-state index in [0.717, 1.165) is 49.9 Å². The van der Waals surface area contributed by atoms with Crippen molar-refractivity contribution in [2.45, 2.75) is 19.3 Å². The minimum Gasteiger partial charge on any atom is -0.342 e. The lowest BCUT2D eigenvalue weighted by molar-refractivity contribution is -0.133. The molecule has 138 valence electrons. The molecule has 3 heterocycles. The van der Waals surface area contributed by atoms with Crippen LogP contribution in [-0.2, 0) is 4.79 Å². The van der Waals surface area contributed by atoms with Crippen LogP contribution in [0.15, 0.2) is 24.3 Å². The highest BCUT2D eigenvalue weighted by atomic mass is 16.2. The van der Waals surface area contributed by atoms with Crippen LogP contribution in [0.1, 0.15) is 29.8 Å². The first-order valence-corrected chi connectivity index (χ1v) is 9.45. The lowest BCUT2D eigenvalue weighted by Gasteiger charge is -2.35. The van der Waals surface area contributed by atoms with Crippen molar-refractivity contribution in [3.05, 3.63) is 30.0 Å². The van der Waals surface area contributed by atoms with Gasteiger partial charge >= 0.3 is 0 Å². The summed E-state index contributed by atoms with van der Waals surface area (Å²) in [5, 5.41) is 7.99. The second-order valence-electron chi connectivity index (χ2n) is 7.13. The van der Waals surface area contributed by atoms with E-state index < -0.39 is 0 Å². The summed E-state index contributed by atoms with van der Waals surface area (Å²) >= 11 is 0. The molecule has 7 nitrogen and oxygen atoms in total. The van der Waals surface area contributed by atoms with E-state index in [9.17, 15) is 9.59 Å². The van der Waals surface area contributed by atoms with Crippen LogP contribution in [0.4, 0.5) is 0 Å². The number of hydrogen-bond acceptors (Lipinski definition) is 4. The molecule has 2 aliphatic heterocycles. The smallest absolute Gasteiger partial charge is 0.275 e. The molecule has 1 aromatic carbocycles. The van der Waals surface area contributed by atoms with E-state index in [1.807, 2.05) is 34.1 Å². The number of rotatable bonds is 3. The zero-order valence-electron chi connectivity index (χ0n) is 15.0. The molecule has 4 rings (SSSR count). The third kappa shape index (κ3) is 3.44. The number of carbonyl (C=O) groups excluding carboxylic acids is 2. The molecule has 1 aromatic heterocycles. The molecular formula is C19H25N5O2. The topological polar surface area (TPSA) is 72.5 Å². The van der Waals surface area contributed by atoms with Crippen LogP contribution in [0.5, 0.6) is 0 Å². The second-order valence-corrected chi connectivity index (χ2v) is 7.13. The number of carbonyl (C=O) groups is 2. The Kier molecular flexibility index (Phi) is 4.88. The van der Waals surface area contributed by atoms with Gasteiger partial charge in [-0.15, -0.1) is 0 Å². The summed E-state index contributed by atoms with van der Waals surface area (Å²) < 4.78 is 0. The minimum absolute atomic E-state index is 0.0375. The van der Waals surface area contributed by atoms with Crippen LogP contribution in [-0.4, -0.2) is 82.5 Å². The molecule has 2 amide bonds. The molecular weight excluding hydrogens is 330 g/mol. The number of aromatic amines is 1. The first kappa shape index (κ1) is 17.0. The van der Waals surface area contributed by atoms with Gasteiger partial charge in [0.15, 0.2) is 5.69 Å². The van der Waals surface area contributed by atoms with Crippen molar-refractivity contribution < 1.29 is 9.59 Å². The minimum atomic E-state index is -0.0375. The Balaban J connectivity index is 1.33. The lowest BCUT2D eigenvalue weighted by Crippen LogP contribution is -2.52. The summed E-state index contributed by atoms with van der Waals surface area (Å²) in [6, 6.07) is 7.68. The van der Waals surface area contributed by atoms with E-state index in [-0.39, 0.29) is 11.8 Å². The number of benzene rings is 1. The fraction of sp³-hybridized carbons (Fsp3) is 0.526.